The van der Waals surface area contributed by atoms with E-state index in [0.717, 1.165) is 4.57 Å². The van der Waals surface area contributed by atoms with Crippen LogP contribution in [0.1, 0.15) is 11.8 Å². The molecule has 2 heterocycles. The molecule has 2 atom stereocenters. The minimum absolute atomic E-state index is 0.348. The highest BCUT2D eigenvalue weighted by Crippen LogP contribution is 2.25. The van der Waals surface area contributed by atoms with Crippen LogP contribution in [0.3, 0.4) is 0 Å². The van der Waals surface area contributed by atoms with Gasteiger partial charge in [0, 0.05) is 11.8 Å². The zero-order valence-electron chi connectivity index (χ0n) is 9.08. The molecule has 7 nitrogen and oxygen atoms in total. The van der Waals surface area contributed by atoms with Crippen LogP contribution < -0.4 is 11.2 Å². The number of ether oxygens (including phenoxy) is 1. The number of nitrogens with zero attached hydrogens (tertiary/aromatic N) is 1. The molecular formula is C10H12N2O5. The van der Waals surface area contributed by atoms with Gasteiger partial charge in [-0.1, -0.05) is 0 Å². The minimum Gasteiger partial charge on any atom is -0.390 e. The monoisotopic (exact) mass is 240 g/mol. The molecule has 2 rings (SSSR count). The first-order valence-corrected chi connectivity index (χ1v) is 4.98. The summed E-state index contributed by atoms with van der Waals surface area (Å²) in [5, 5.41) is 18.5. The molecule has 0 bridgehead atoms. The molecule has 0 spiro atoms. The highest BCUT2D eigenvalue weighted by Gasteiger charge is 2.33. The maximum absolute atomic E-state index is 11.5. The first-order chi connectivity index (χ1) is 7.95. The Hall–Kier alpha value is -1.70. The van der Waals surface area contributed by atoms with Crippen molar-refractivity contribution in [3.8, 4) is 0 Å². The van der Waals surface area contributed by atoms with Gasteiger partial charge in [-0.15, -0.1) is 0 Å². The summed E-state index contributed by atoms with van der Waals surface area (Å²) >= 11 is 0. The second-order valence-electron chi connectivity index (χ2n) is 3.85. The maximum Gasteiger partial charge on any atom is 0.330 e. The van der Waals surface area contributed by atoms with E-state index in [1.807, 2.05) is 0 Å². The van der Waals surface area contributed by atoms with E-state index in [4.69, 9.17) is 9.84 Å². The van der Waals surface area contributed by atoms with Crippen LogP contribution in [0.4, 0.5) is 0 Å². The van der Waals surface area contributed by atoms with E-state index in [1.54, 1.807) is 6.92 Å². The third-order valence-electron chi connectivity index (χ3n) is 2.49. The van der Waals surface area contributed by atoms with Gasteiger partial charge in [0.25, 0.3) is 5.56 Å². The molecule has 0 fully saturated rings. The van der Waals surface area contributed by atoms with Gasteiger partial charge in [-0.2, -0.15) is 0 Å². The van der Waals surface area contributed by atoms with Crippen molar-refractivity contribution in [1.29, 1.82) is 0 Å². The molecule has 0 saturated carbocycles. The molecule has 0 saturated heterocycles. The summed E-state index contributed by atoms with van der Waals surface area (Å²) in [6.07, 6.45) is 3.16. The van der Waals surface area contributed by atoms with Crippen molar-refractivity contribution in [2.24, 2.45) is 0 Å². The Kier molecular flexibility index (Phi) is 2.74. The van der Waals surface area contributed by atoms with Crippen LogP contribution in [0.25, 0.3) is 0 Å². The number of aliphatic hydroxyl groups excluding tert-OH is 1. The lowest BCUT2D eigenvalue weighted by Gasteiger charge is -2.21. The highest BCUT2D eigenvalue weighted by molar-refractivity contribution is 5.08. The van der Waals surface area contributed by atoms with Crippen LogP contribution in [0, 0.1) is 6.92 Å². The average molecular weight is 240 g/mol. The van der Waals surface area contributed by atoms with Crippen molar-refractivity contribution < 1.29 is 14.9 Å². The second-order valence-corrected chi connectivity index (χ2v) is 3.85. The third-order valence-corrected chi connectivity index (χ3v) is 2.49. The number of H-pyrrole nitrogens is 1. The van der Waals surface area contributed by atoms with Gasteiger partial charge in [0.2, 0.25) is 5.79 Å². The zero-order chi connectivity index (χ0) is 12.6. The number of aromatic nitrogens is 2. The lowest BCUT2D eigenvalue weighted by molar-refractivity contribution is -0.208. The molecule has 0 radical (unpaired) electrons. The Labute approximate surface area is 95.6 Å². The predicted octanol–water partition coefficient (Wildman–Crippen LogP) is -1.39. The van der Waals surface area contributed by atoms with E-state index >= 15 is 0 Å². The number of rotatable bonds is 2. The Balaban J connectivity index is 2.39. The van der Waals surface area contributed by atoms with Crippen molar-refractivity contribution in [2.45, 2.75) is 18.9 Å². The van der Waals surface area contributed by atoms with Crippen molar-refractivity contribution in [3.63, 3.8) is 0 Å². The van der Waals surface area contributed by atoms with E-state index in [0.29, 0.717) is 5.56 Å². The van der Waals surface area contributed by atoms with Crippen molar-refractivity contribution >= 4 is 0 Å². The Morgan fingerprint density at radius 1 is 1.59 bits per heavy atom. The van der Waals surface area contributed by atoms with Crippen LogP contribution >= 0.6 is 0 Å². The SMILES string of the molecule is Cc1cn(C2C=C[C@@](O)(CO)O2)c(=O)[nH]c1=O. The summed E-state index contributed by atoms with van der Waals surface area (Å²) in [4.78, 5) is 24.8. The Morgan fingerprint density at radius 2 is 2.29 bits per heavy atom. The zero-order valence-corrected chi connectivity index (χ0v) is 9.08. The normalized spacial score (nSPS) is 27.6. The summed E-state index contributed by atoms with van der Waals surface area (Å²) < 4.78 is 6.22. The summed E-state index contributed by atoms with van der Waals surface area (Å²) in [5.74, 6) is -1.78. The molecule has 1 unspecified atom stereocenters. The molecule has 0 amide bonds. The number of hydrogen-bond acceptors (Lipinski definition) is 5. The van der Waals surface area contributed by atoms with E-state index < -0.39 is 29.9 Å². The molecule has 7 heteroatoms. The first kappa shape index (κ1) is 11.8. The fraction of sp³-hybridized carbons (Fsp3) is 0.400. The largest absolute Gasteiger partial charge is 0.390 e. The molecule has 1 aromatic heterocycles. The topological polar surface area (TPSA) is 105 Å². The van der Waals surface area contributed by atoms with Crippen LogP contribution in [0.5, 0.6) is 0 Å². The lowest BCUT2D eigenvalue weighted by Crippen LogP contribution is -2.37. The number of aliphatic hydroxyl groups is 2. The maximum atomic E-state index is 11.5. The smallest absolute Gasteiger partial charge is 0.330 e. The third kappa shape index (κ3) is 2.07. The highest BCUT2D eigenvalue weighted by atomic mass is 16.7. The van der Waals surface area contributed by atoms with Gasteiger partial charge in [-0.3, -0.25) is 14.3 Å². The molecule has 3 N–H and O–H groups in total. The van der Waals surface area contributed by atoms with Crippen LogP contribution in [0.15, 0.2) is 27.9 Å². The lowest BCUT2D eigenvalue weighted by atomic mass is 10.3. The summed E-state index contributed by atoms with van der Waals surface area (Å²) in [6, 6.07) is 0. The van der Waals surface area contributed by atoms with E-state index in [1.165, 1.54) is 18.3 Å². The van der Waals surface area contributed by atoms with Gasteiger partial charge in [0.05, 0.1) is 0 Å². The van der Waals surface area contributed by atoms with Gasteiger partial charge in [-0.25, -0.2) is 4.79 Å². The fourth-order valence-electron chi connectivity index (χ4n) is 1.53. The number of hydrogen-bond donors (Lipinski definition) is 3. The van der Waals surface area contributed by atoms with Crippen LogP contribution in [-0.2, 0) is 4.74 Å². The second kappa shape index (κ2) is 3.95. The molecule has 92 valence electrons. The van der Waals surface area contributed by atoms with E-state index in [-0.39, 0.29) is 0 Å². The van der Waals surface area contributed by atoms with E-state index in [9.17, 15) is 14.7 Å². The van der Waals surface area contributed by atoms with Gasteiger partial charge in [-0.05, 0) is 19.1 Å². The van der Waals surface area contributed by atoms with Crippen LogP contribution in [-0.4, -0.2) is 32.2 Å². The van der Waals surface area contributed by atoms with Crippen molar-refractivity contribution in [3.05, 3.63) is 44.8 Å². The number of aryl methyl sites for hydroxylation is 1. The quantitative estimate of drug-likeness (QED) is 0.552. The Bertz CT molecular complexity index is 573. The minimum atomic E-state index is -1.78. The van der Waals surface area contributed by atoms with Gasteiger partial charge >= 0.3 is 5.69 Å². The molecular weight excluding hydrogens is 228 g/mol. The van der Waals surface area contributed by atoms with Gasteiger partial charge in [0.15, 0.2) is 6.23 Å². The molecule has 1 aliphatic heterocycles. The summed E-state index contributed by atoms with van der Waals surface area (Å²) in [7, 11) is 0. The molecule has 0 aromatic carbocycles. The summed E-state index contributed by atoms with van der Waals surface area (Å²) in [6.45, 7) is 0.933. The van der Waals surface area contributed by atoms with Crippen LogP contribution in [0.2, 0.25) is 0 Å². The summed E-state index contributed by atoms with van der Waals surface area (Å²) in [5.41, 5.74) is -0.760. The van der Waals surface area contributed by atoms with E-state index in [2.05, 4.69) is 4.98 Å². The van der Waals surface area contributed by atoms with Gasteiger partial charge < -0.3 is 14.9 Å². The molecule has 1 aromatic rings. The molecule has 1 aliphatic rings. The number of aromatic amines is 1. The van der Waals surface area contributed by atoms with Crippen molar-refractivity contribution in [1.82, 2.24) is 9.55 Å². The molecule has 0 aliphatic carbocycles. The van der Waals surface area contributed by atoms with Crippen molar-refractivity contribution in [2.75, 3.05) is 6.61 Å². The first-order valence-electron chi connectivity index (χ1n) is 4.98. The predicted molar refractivity (Wildman–Crippen MR) is 57.4 cm³/mol. The standard InChI is InChI=1S/C10H12N2O5/c1-6-4-12(9(15)11-8(6)14)7-2-3-10(16,5-13)17-7/h2-4,7,13,16H,5H2,1H3,(H,11,14,15)/t7?,10-/m0/s1. The Morgan fingerprint density at radius 3 is 2.88 bits per heavy atom. The fourth-order valence-corrected chi connectivity index (χ4v) is 1.53. The molecule has 17 heavy (non-hydrogen) atoms. The number of nitrogens with one attached hydrogen (secondary N) is 1. The van der Waals surface area contributed by atoms with Gasteiger partial charge in [0.1, 0.15) is 6.61 Å². The average Bonchev–Trinajstić information content (AvgIpc) is 2.67.